The van der Waals surface area contributed by atoms with Gasteiger partial charge in [-0.1, -0.05) is 41.9 Å². The van der Waals surface area contributed by atoms with Gasteiger partial charge in [0.15, 0.2) is 6.23 Å². The van der Waals surface area contributed by atoms with Crippen LogP contribution in [0.1, 0.15) is 27.7 Å². The first kappa shape index (κ1) is 13.2. The maximum atomic E-state index is 12.2. The van der Waals surface area contributed by atoms with Crippen molar-refractivity contribution in [1.29, 1.82) is 0 Å². The zero-order valence-electron chi connectivity index (χ0n) is 10.8. The van der Waals surface area contributed by atoms with Crippen LogP contribution in [0, 0.1) is 0 Å². The number of hydrogen-bond acceptors (Lipinski definition) is 2. The summed E-state index contributed by atoms with van der Waals surface area (Å²) in [6.45, 7) is 0.482. The smallest absolute Gasteiger partial charge is 0.256 e. The lowest BCUT2D eigenvalue weighted by molar-refractivity contribution is 0.0182. The van der Waals surface area contributed by atoms with E-state index in [1.165, 1.54) is 4.90 Å². The Morgan fingerprint density at radius 3 is 2.50 bits per heavy atom. The van der Waals surface area contributed by atoms with Gasteiger partial charge in [-0.05, 0) is 30.2 Å². The van der Waals surface area contributed by atoms with Crippen molar-refractivity contribution in [2.24, 2.45) is 0 Å². The lowest BCUT2D eigenvalue weighted by Crippen LogP contribution is -2.30. The second-order valence-electron chi connectivity index (χ2n) is 4.84. The van der Waals surface area contributed by atoms with Crippen LogP contribution < -0.4 is 0 Å². The molecule has 20 heavy (non-hydrogen) atoms. The number of rotatable bonds is 3. The van der Waals surface area contributed by atoms with Crippen LogP contribution in [0.4, 0.5) is 0 Å². The molecule has 0 radical (unpaired) electrons. The number of carbonyl (C=O) groups excluding carboxylic acids is 1. The molecule has 2 aromatic carbocycles. The van der Waals surface area contributed by atoms with Crippen LogP contribution in [0.5, 0.6) is 0 Å². The van der Waals surface area contributed by atoms with E-state index in [-0.39, 0.29) is 5.91 Å². The predicted octanol–water partition coefficient (Wildman–Crippen LogP) is 3.03. The summed E-state index contributed by atoms with van der Waals surface area (Å²) in [5.41, 5.74) is 2.37. The zero-order valence-corrected chi connectivity index (χ0v) is 11.5. The van der Waals surface area contributed by atoms with Crippen molar-refractivity contribution in [3.05, 3.63) is 70.2 Å². The van der Waals surface area contributed by atoms with Crippen LogP contribution in [-0.4, -0.2) is 22.5 Å². The fraction of sp³-hybridized carbons (Fsp3) is 0.188. The Bertz CT molecular complexity index is 639. The van der Waals surface area contributed by atoms with E-state index in [2.05, 4.69) is 0 Å². The van der Waals surface area contributed by atoms with Gasteiger partial charge in [-0.3, -0.25) is 4.79 Å². The molecule has 0 aromatic heterocycles. The number of nitrogens with zero attached hydrogens (tertiary/aromatic N) is 1. The van der Waals surface area contributed by atoms with E-state index in [0.717, 1.165) is 5.56 Å². The van der Waals surface area contributed by atoms with E-state index in [9.17, 15) is 9.90 Å². The maximum Gasteiger partial charge on any atom is 0.256 e. The van der Waals surface area contributed by atoms with E-state index in [4.69, 9.17) is 11.6 Å². The van der Waals surface area contributed by atoms with Crippen LogP contribution in [-0.2, 0) is 6.42 Å². The fourth-order valence-electron chi connectivity index (χ4n) is 2.48. The molecule has 0 saturated heterocycles. The molecule has 102 valence electrons. The average Bonchev–Trinajstić information content (AvgIpc) is 2.71. The summed E-state index contributed by atoms with van der Waals surface area (Å²) in [4.78, 5) is 13.7. The molecular weight excluding hydrogens is 274 g/mol. The molecule has 1 atom stereocenters. The lowest BCUT2D eigenvalue weighted by Gasteiger charge is -2.20. The second-order valence-corrected chi connectivity index (χ2v) is 5.27. The van der Waals surface area contributed by atoms with Gasteiger partial charge < -0.3 is 10.0 Å². The van der Waals surface area contributed by atoms with E-state index in [0.29, 0.717) is 29.1 Å². The maximum absolute atomic E-state index is 12.2. The first-order valence-electron chi connectivity index (χ1n) is 6.49. The number of amides is 1. The van der Waals surface area contributed by atoms with Crippen LogP contribution in [0.15, 0.2) is 48.5 Å². The number of fused-ring (bicyclic) bond motifs is 1. The van der Waals surface area contributed by atoms with Gasteiger partial charge in [0.2, 0.25) is 0 Å². The standard InChI is InChI=1S/C16H14ClNO2/c17-12-7-5-11(6-8-12)9-10-18-15(19)13-3-1-2-4-14(13)16(18)20/h1-8,15,19H,9-10H2. The van der Waals surface area contributed by atoms with Gasteiger partial charge in [0, 0.05) is 22.7 Å². The van der Waals surface area contributed by atoms with Gasteiger partial charge in [-0.2, -0.15) is 0 Å². The van der Waals surface area contributed by atoms with E-state index < -0.39 is 6.23 Å². The first-order valence-corrected chi connectivity index (χ1v) is 6.87. The molecule has 3 nitrogen and oxygen atoms in total. The van der Waals surface area contributed by atoms with Crippen LogP contribution >= 0.6 is 11.6 Å². The van der Waals surface area contributed by atoms with Gasteiger partial charge >= 0.3 is 0 Å². The molecule has 1 N–H and O–H groups in total. The van der Waals surface area contributed by atoms with Crippen molar-refractivity contribution in [2.45, 2.75) is 12.6 Å². The molecule has 0 aliphatic carbocycles. The van der Waals surface area contributed by atoms with Crippen molar-refractivity contribution in [2.75, 3.05) is 6.54 Å². The first-order chi connectivity index (χ1) is 9.66. The van der Waals surface area contributed by atoms with Crippen LogP contribution in [0.3, 0.4) is 0 Å². The second kappa shape index (κ2) is 5.27. The topological polar surface area (TPSA) is 40.5 Å². The summed E-state index contributed by atoms with van der Waals surface area (Å²) in [5.74, 6) is -0.109. The van der Waals surface area contributed by atoms with E-state index in [1.54, 1.807) is 12.1 Å². The van der Waals surface area contributed by atoms with E-state index >= 15 is 0 Å². The minimum atomic E-state index is -0.842. The zero-order chi connectivity index (χ0) is 14.1. The van der Waals surface area contributed by atoms with Crippen molar-refractivity contribution in [3.8, 4) is 0 Å². The molecule has 0 fully saturated rings. The molecule has 1 aliphatic rings. The average molecular weight is 288 g/mol. The normalized spacial score (nSPS) is 17.4. The molecule has 1 aliphatic heterocycles. The Balaban J connectivity index is 1.73. The quantitative estimate of drug-likeness (QED) is 0.943. The molecule has 1 heterocycles. The molecular formula is C16H14ClNO2. The highest BCUT2D eigenvalue weighted by molar-refractivity contribution is 6.30. The molecule has 3 rings (SSSR count). The van der Waals surface area contributed by atoms with Gasteiger partial charge in [0.1, 0.15) is 0 Å². The minimum absolute atomic E-state index is 0.109. The summed E-state index contributed by atoms with van der Waals surface area (Å²) in [6.07, 6.45) is -0.153. The number of hydrogen-bond donors (Lipinski definition) is 1. The SMILES string of the molecule is O=C1c2ccccc2C(O)N1CCc1ccc(Cl)cc1. The number of halogens is 1. The summed E-state index contributed by atoms with van der Waals surface area (Å²) < 4.78 is 0. The Labute approximate surface area is 122 Å². The van der Waals surface area contributed by atoms with Gasteiger partial charge in [0.05, 0.1) is 0 Å². The summed E-state index contributed by atoms with van der Waals surface area (Å²) in [7, 11) is 0. The molecule has 1 unspecified atom stereocenters. The molecule has 0 saturated carbocycles. The summed E-state index contributed by atoms with van der Waals surface area (Å²) in [6, 6.07) is 14.7. The Morgan fingerprint density at radius 2 is 1.80 bits per heavy atom. The highest BCUT2D eigenvalue weighted by Crippen LogP contribution is 2.31. The molecule has 2 aromatic rings. The third kappa shape index (κ3) is 2.30. The molecule has 1 amide bonds. The Morgan fingerprint density at radius 1 is 1.10 bits per heavy atom. The lowest BCUT2D eigenvalue weighted by atomic mass is 10.1. The predicted molar refractivity (Wildman–Crippen MR) is 77.6 cm³/mol. The van der Waals surface area contributed by atoms with Crippen molar-refractivity contribution in [1.82, 2.24) is 4.90 Å². The summed E-state index contributed by atoms with van der Waals surface area (Å²) in [5, 5.41) is 10.9. The summed E-state index contributed by atoms with van der Waals surface area (Å²) >= 11 is 5.84. The number of benzene rings is 2. The van der Waals surface area contributed by atoms with Crippen molar-refractivity contribution < 1.29 is 9.90 Å². The third-order valence-electron chi connectivity index (χ3n) is 3.58. The van der Waals surface area contributed by atoms with E-state index in [1.807, 2.05) is 36.4 Å². The monoisotopic (exact) mass is 287 g/mol. The van der Waals surface area contributed by atoms with Crippen LogP contribution in [0.2, 0.25) is 5.02 Å². The molecule has 4 heteroatoms. The highest BCUT2D eigenvalue weighted by atomic mass is 35.5. The van der Waals surface area contributed by atoms with Gasteiger partial charge in [-0.25, -0.2) is 0 Å². The molecule has 0 bridgehead atoms. The number of aliphatic hydroxyl groups excluding tert-OH is 1. The molecule has 0 spiro atoms. The van der Waals surface area contributed by atoms with Crippen LogP contribution in [0.25, 0.3) is 0 Å². The van der Waals surface area contributed by atoms with Gasteiger partial charge in [-0.15, -0.1) is 0 Å². The number of aliphatic hydroxyl groups is 1. The number of carbonyl (C=O) groups is 1. The Kier molecular flexibility index (Phi) is 3.47. The third-order valence-corrected chi connectivity index (χ3v) is 3.83. The van der Waals surface area contributed by atoms with Gasteiger partial charge in [0.25, 0.3) is 5.91 Å². The highest BCUT2D eigenvalue weighted by Gasteiger charge is 2.34. The van der Waals surface area contributed by atoms with Crippen molar-refractivity contribution in [3.63, 3.8) is 0 Å². The fourth-order valence-corrected chi connectivity index (χ4v) is 2.60. The largest absolute Gasteiger partial charge is 0.369 e. The Hall–Kier alpha value is -1.84. The minimum Gasteiger partial charge on any atom is -0.369 e. The van der Waals surface area contributed by atoms with Crippen molar-refractivity contribution >= 4 is 17.5 Å².